The van der Waals surface area contributed by atoms with Crippen molar-refractivity contribution in [3.8, 4) is 0 Å². The molecule has 2 aromatic rings. The van der Waals surface area contributed by atoms with E-state index in [-0.39, 0.29) is 16.8 Å². The summed E-state index contributed by atoms with van der Waals surface area (Å²) >= 11 is 6.18. The fraction of sp³-hybridized carbons (Fsp3) is 0.652. The zero-order valence-electron chi connectivity index (χ0n) is 16.9. The Morgan fingerprint density at radius 1 is 1.07 bits per heavy atom. The van der Waals surface area contributed by atoms with E-state index >= 15 is 0 Å². The van der Waals surface area contributed by atoms with Gasteiger partial charge in [0.2, 0.25) is 0 Å². The number of halogens is 1. The molecule has 1 aliphatic carbocycles. The number of hydrogen-bond acceptors (Lipinski definition) is 3. The van der Waals surface area contributed by atoms with Gasteiger partial charge in [-0.05, 0) is 57.7 Å². The lowest BCUT2D eigenvalue weighted by molar-refractivity contribution is 0.136. The van der Waals surface area contributed by atoms with Crippen LogP contribution in [0.5, 0.6) is 0 Å². The van der Waals surface area contributed by atoms with Crippen molar-refractivity contribution in [2.45, 2.75) is 89.3 Å². The van der Waals surface area contributed by atoms with Gasteiger partial charge in [-0.3, -0.25) is 9.69 Å². The lowest BCUT2D eigenvalue weighted by Crippen LogP contribution is -2.41. The topological polar surface area (TPSA) is 38.1 Å². The van der Waals surface area contributed by atoms with Gasteiger partial charge < -0.3 is 4.57 Å². The van der Waals surface area contributed by atoms with Gasteiger partial charge in [-0.25, -0.2) is 4.98 Å². The van der Waals surface area contributed by atoms with Crippen molar-refractivity contribution < 1.29 is 0 Å². The summed E-state index contributed by atoms with van der Waals surface area (Å²) in [6, 6.07) is 9.23. The average molecular weight is 402 g/mol. The highest BCUT2D eigenvalue weighted by atomic mass is 35.5. The molecule has 0 N–H and O–H groups in total. The van der Waals surface area contributed by atoms with Crippen molar-refractivity contribution in [2.24, 2.45) is 0 Å². The number of hydrogen-bond donors (Lipinski definition) is 0. The largest absolute Gasteiger partial charge is 0.301 e. The molecule has 2 fully saturated rings. The van der Waals surface area contributed by atoms with Gasteiger partial charge >= 0.3 is 0 Å². The van der Waals surface area contributed by atoms with E-state index in [0.717, 1.165) is 23.5 Å². The van der Waals surface area contributed by atoms with Crippen LogP contribution in [0.1, 0.15) is 77.2 Å². The Balaban J connectivity index is 1.56. The van der Waals surface area contributed by atoms with Crippen LogP contribution in [0, 0.1) is 0 Å². The number of benzene rings is 1. The lowest BCUT2D eigenvalue weighted by atomic mass is 9.94. The molecule has 28 heavy (non-hydrogen) atoms. The summed E-state index contributed by atoms with van der Waals surface area (Å²) in [5, 5.41) is 0.0776. The molecular formula is C23H32ClN3O. The molecule has 152 valence electrons. The molecule has 1 saturated heterocycles. The Bertz CT molecular complexity index is 857. The van der Waals surface area contributed by atoms with Crippen molar-refractivity contribution in [1.82, 2.24) is 14.5 Å². The molecule has 2 aliphatic rings. The van der Waals surface area contributed by atoms with Crippen molar-refractivity contribution in [1.29, 1.82) is 0 Å². The van der Waals surface area contributed by atoms with Gasteiger partial charge in [0.05, 0.1) is 11.0 Å². The van der Waals surface area contributed by atoms with Crippen LogP contribution >= 0.6 is 11.6 Å². The van der Waals surface area contributed by atoms with Gasteiger partial charge in [-0.1, -0.05) is 55.8 Å². The second-order valence-electron chi connectivity index (χ2n) is 8.68. The number of nitrogens with zero attached hydrogens (tertiary/aromatic N) is 3. The average Bonchev–Trinajstić information content (AvgIpc) is 3.10. The summed E-state index contributed by atoms with van der Waals surface area (Å²) in [5.74, 6) is 0. The van der Waals surface area contributed by atoms with Crippen molar-refractivity contribution >= 4 is 22.6 Å². The maximum atomic E-state index is 12.8. The molecule has 0 radical (unpaired) electrons. The third-order valence-electron chi connectivity index (χ3n) is 6.78. The monoisotopic (exact) mass is 401 g/mol. The first-order valence-electron chi connectivity index (χ1n) is 11.1. The minimum atomic E-state index is -0.164. The Morgan fingerprint density at radius 3 is 2.57 bits per heavy atom. The quantitative estimate of drug-likeness (QED) is 0.671. The molecule has 0 unspecified atom stereocenters. The van der Waals surface area contributed by atoms with Gasteiger partial charge in [0, 0.05) is 18.1 Å². The fourth-order valence-corrected chi connectivity index (χ4v) is 5.60. The molecule has 1 aliphatic heterocycles. The second-order valence-corrected chi connectivity index (χ2v) is 9.04. The van der Waals surface area contributed by atoms with Gasteiger partial charge in [-0.2, -0.15) is 0 Å². The highest BCUT2D eigenvalue weighted by molar-refractivity contribution is 6.29. The maximum absolute atomic E-state index is 12.8. The van der Waals surface area contributed by atoms with E-state index in [0.29, 0.717) is 6.04 Å². The van der Waals surface area contributed by atoms with E-state index in [2.05, 4.69) is 16.8 Å². The number of para-hydroxylation sites is 2. The molecule has 4 rings (SSSR count). The van der Waals surface area contributed by atoms with Crippen LogP contribution in [0.3, 0.4) is 0 Å². The van der Waals surface area contributed by atoms with Crippen molar-refractivity contribution in [3.63, 3.8) is 0 Å². The van der Waals surface area contributed by atoms with Crippen molar-refractivity contribution in [2.75, 3.05) is 6.54 Å². The number of rotatable bonds is 4. The van der Waals surface area contributed by atoms with Gasteiger partial charge in [-0.15, -0.1) is 0 Å². The first-order valence-corrected chi connectivity index (χ1v) is 11.5. The molecule has 2 heterocycles. The van der Waals surface area contributed by atoms with Crippen LogP contribution in [0.2, 0.25) is 5.15 Å². The first-order chi connectivity index (χ1) is 13.6. The Morgan fingerprint density at radius 2 is 1.79 bits per heavy atom. The van der Waals surface area contributed by atoms with Crippen LogP contribution in [0.15, 0.2) is 29.1 Å². The smallest absolute Gasteiger partial charge is 0.288 e. The minimum absolute atomic E-state index is 0.0776. The van der Waals surface area contributed by atoms with Crippen LogP contribution in [0.25, 0.3) is 11.0 Å². The first kappa shape index (κ1) is 19.9. The summed E-state index contributed by atoms with van der Waals surface area (Å²) in [4.78, 5) is 19.9. The minimum Gasteiger partial charge on any atom is -0.301 e. The zero-order chi connectivity index (χ0) is 19.5. The van der Waals surface area contributed by atoms with Crippen LogP contribution < -0.4 is 5.56 Å². The zero-order valence-corrected chi connectivity index (χ0v) is 17.7. The lowest BCUT2D eigenvalue weighted by Gasteiger charge is -2.36. The number of fused-ring (bicyclic) bond motifs is 1. The van der Waals surface area contributed by atoms with Crippen LogP contribution in [-0.2, 0) is 0 Å². The van der Waals surface area contributed by atoms with Gasteiger partial charge in [0.1, 0.15) is 0 Å². The number of likely N-dealkylation sites (tertiary alicyclic amines) is 1. The third-order valence-corrected chi connectivity index (χ3v) is 7.02. The molecule has 1 saturated carbocycles. The van der Waals surface area contributed by atoms with Crippen LogP contribution in [-0.4, -0.2) is 33.1 Å². The summed E-state index contributed by atoms with van der Waals surface area (Å²) in [6.07, 6.45) is 13.1. The van der Waals surface area contributed by atoms with Gasteiger partial charge in [0.25, 0.3) is 5.56 Å². The standard InChI is InChI=1S/C23H32ClN3O/c1-17(27-21-14-8-7-13-20(21)25-22(24)23(27)28)16-19-12-9-15-26(19)18-10-5-3-2-4-6-11-18/h7-8,13-14,17-19H,2-6,9-12,15-16H2,1H3/t17-,19+/m1/s1. The Kier molecular flexibility index (Phi) is 6.37. The predicted molar refractivity (Wildman–Crippen MR) is 116 cm³/mol. The summed E-state index contributed by atoms with van der Waals surface area (Å²) in [6.45, 7) is 3.38. The molecule has 0 bridgehead atoms. The fourth-order valence-electron chi connectivity index (χ4n) is 5.42. The van der Waals surface area contributed by atoms with E-state index in [1.54, 1.807) is 0 Å². The van der Waals surface area contributed by atoms with E-state index in [9.17, 15) is 4.79 Å². The van der Waals surface area contributed by atoms with E-state index in [1.807, 2.05) is 28.8 Å². The molecule has 2 atom stereocenters. The molecule has 1 aromatic carbocycles. The molecule has 1 aromatic heterocycles. The SMILES string of the molecule is C[C@H](C[C@@H]1CCCN1C1CCCCCCC1)n1c(=O)c(Cl)nc2ccccc21. The Hall–Kier alpha value is -1.39. The Labute approximate surface area is 172 Å². The van der Waals surface area contributed by atoms with E-state index < -0.39 is 0 Å². The summed E-state index contributed by atoms with van der Waals surface area (Å²) in [7, 11) is 0. The molecule has 0 amide bonds. The summed E-state index contributed by atoms with van der Waals surface area (Å²) < 4.78 is 1.87. The van der Waals surface area contributed by atoms with E-state index in [1.165, 1.54) is 64.3 Å². The van der Waals surface area contributed by atoms with Crippen molar-refractivity contribution in [3.05, 3.63) is 39.8 Å². The molecular weight excluding hydrogens is 370 g/mol. The van der Waals surface area contributed by atoms with Gasteiger partial charge in [0.15, 0.2) is 5.15 Å². The normalized spacial score (nSPS) is 23.6. The molecule has 0 spiro atoms. The summed E-state index contributed by atoms with van der Waals surface area (Å²) in [5.41, 5.74) is 1.52. The highest BCUT2D eigenvalue weighted by Crippen LogP contribution is 2.32. The molecule has 4 nitrogen and oxygen atoms in total. The predicted octanol–water partition coefficient (Wildman–Crippen LogP) is 5.58. The number of aromatic nitrogens is 2. The van der Waals surface area contributed by atoms with Crippen LogP contribution in [0.4, 0.5) is 0 Å². The molecule has 5 heteroatoms. The third kappa shape index (κ3) is 4.13. The maximum Gasteiger partial charge on any atom is 0.288 e. The second kappa shape index (κ2) is 8.96. The highest BCUT2D eigenvalue weighted by Gasteiger charge is 2.32. The van der Waals surface area contributed by atoms with E-state index in [4.69, 9.17) is 11.6 Å².